The maximum Gasteiger partial charge on any atom is 0.241 e. The van der Waals surface area contributed by atoms with Gasteiger partial charge in [0, 0.05) is 12.7 Å². The number of aliphatic hydroxyl groups is 1. The van der Waals surface area contributed by atoms with Crippen molar-refractivity contribution in [2.45, 2.75) is 53.9 Å². The zero-order valence-electron chi connectivity index (χ0n) is 16.3. The lowest BCUT2D eigenvalue weighted by Gasteiger charge is -2.41. The normalized spacial score (nSPS) is 22.2. The van der Waals surface area contributed by atoms with E-state index in [2.05, 4.69) is 39.8 Å². The molecule has 0 saturated heterocycles. The van der Waals surface area contributed by atoms with Crippen LogP contribution in [0.3, 0.4) is 0 Å². The summed E-state index contributed by atoms with van der Waals surface area (Å²) < 4.78 is 0. The third-order valence-corrected chi connectivity index (χ3v) is 5.12. The highest BCUT2D eigenvalue weighted by molar-refractivity contribution is 5.86. The molecular formula is C22H33NO2. The van der Waals surface area contributed by atoms with Gasteiger partial charge in [-0.2, -0.15) is 0 Å². The monoisotopic (exact) mass is 343 g/mol. The first-order chi connectivity index (χ1) is 11.7. The van der Waals surface area contributed by atoms with Gasteiger partial charge in [-0.05, 0) is 62.5 Å². The number of hydrogen-bond donors (Lipinski definition) is 2. The van der Waals surface area contributed by atoms with Crippen LogP contribution in [0.2, 0.25) is 0 Å². The van der Waals surface area contributed by atoms with Crippen molar-refractivity contribution in [3.63, 3.8) is 0 Å². The molecule has 0 fully saturated rings. The number of rotatable bonds is 7. The minimum Gasteiger partial charge on any atom is -0.396 e. The topological polar surface area (TPSA) is 63.3 Å². The number of primary amides is 1. The molecule has 0 heterocycles. The van der Waals surface area contributed by atoms with Crippen molar-refractivity contribution in [1.29, 1.82) is 0 Å². The molecule has 1 aliphatic carbocycles. The Morgan fingerprint density at radius 2 is 1.96 bits per heavy atom. The van der Waals surface area contributed by atoms with Gasteiger partial charge in [0.05, 0.1) is 0 Å². The molecule has 0 aromatic heterocycles. The molecule has 1 atom stereocenters. The van der Waals surface area contributed by atoms with Crippen LogP contribution in [0, 0.1) is 11.3 Å². The van der Waals surface area contributed by atoms with Crippen molar-refractivity contribution in [1.82, 2.24) is 0 Å². The Hall–Kier alpha value is -1.87. The number of allylic oxidation sites excluding steroid dienone is 9. The van der Waals surface area contributed by atoms with E-state index in [-0.39, 0.29) is 12.0 Å². The fourth-order valence-electron chi connectivity index (χ4n) is 3.57. The summed E-state index contributed by atoms with van der Waals surface area (Å²) in [7, 11) is 0. The second-order valence-electron chi connectivity index (χ2n) is 7.56. The van der Waals surface area contributed by atoms with E-state index in [4.69, 9.17) is 5.73 Å². The van der Waals surface area contributed by atoms with E-state index < -0.39 is 5.91 Å². The lowest BCUT2D eigenvalue weighted by atomic mass is 9.64. The minimum atomic E-state index is -0.429. The van der Waals surface area contributed by atoms with Crippen LogP contribution in [0.15, 0.2) is 58.7 Å². The molecule has 1 rings (SSSR count). The first kappa shape index (κ1) is 21.2. The fraction of sp³-hybridized carbons (Fsp3) is 0.500. The molecule has 1 amide bonds. The number of hydrogen-bond acceptors (Lipinski definition) is 2. The van der Waals surface area contributed by atoms with Crippen molar-refractivity contribution >= 4 is 5.91 Å². The zero-order chi connectivity index (χ0) is 19.0. The largest absolute Gasteiger partial charge is 0.396 e. The summed E-state index contributed by atoms with van der Waals surface area (Å²) in [5, 5.41) is 9.33. The molecule has 0 aliphatic heterocycles. The Morgan fingerprint density at radius 1 is 1.28 bits per heavy atom. The predicted octanol–water partition coefficient (Wildman–Crippen LogP) is 4.61. The number of carbonyl (C=O) groups is 1. The second kappa shape index (κ2) is 9.57. The molecule has 0 aromatic carbocycles. The van der Waals surface area contributed by atoms with E-state index in [9.17, 15) is 9.90 Å². The molecule has 3 nitrogen and oxygen atoms in total. The third-order valence-electron chi connectivity index (χ3n) is 5.12. The summed E-state index contributed by atoms with van der Waals surface area (Å²) in [6.45, 7) is 10.9. The molecule has 3 heteroatoms. The zero-order valence-corrected chi connectivity index (χ0v) is 16.3. The molecule has 1 unspecified atom stereocenters. The second-order valence-corrected chi connectivity index (χ2v) is 7.56. The summed E-state index contributed by atoms with van der Waals surface area (Å²) in [5.41, 5.74) is 10.0. The van der Waals surface area contributed by atoms with Gasteiger partial charge in [0.15, 0.2) is 0 Å². The lowest BCUT2D eigenvalue weighted by molar-refractivity contribution is -0.113. The van der Waals surface area contributed by atoms with Crippen molar-refractivity contribution < 1.29 is 9.90 Å². The van der Waals surface area contributed by atoms with Crippen molar-refractivity contribution in [2.75, 3.05) is 6.61 Å². The summed E-state index contributed by atoms with van der Waals surface area (Å²) in [5.74, 6) is 0.0914. The van der Waals surface area contributed by atoms with E-state index in [1.165, 1.54) is 17.2 Å². The van der Waals surface area contributed by atoms with Gasteiger partial charge in [0.25, 0.3) is 0 Å². The first-order valence-electron chi connectivity index (χ1n) is 9.00. The Labute approximate surface area is 152 Å². The summed E-state index contributed by atoms with van der Waals surface area (Å²) in [6, 6.07) is 0. The van der Waals surface area contributed by atoms with Crippen molar-refractivity contribution in [2.24, 2.45) is 17.1 Å². The first-order valence-corrected chi connectivity index (χ1v) is 9.00. The van der Waals surface area contributed by atoms with Crippen LogP contribution in [0.1, 0.15) is 53.9 Å². The molecule has 0 saturated carbocycles. The van der Waals surface area contributed by atoms with E-state index in [1.807, 2.05) is 25.2 Å². The van der Waals surface area contributed by atoms with Gasteiger partial charge < -0.3 is 10.8 Å². The summed E-state index contributed by atoms with van der Waals surface area (Å²) in [6.07, 6.45) is 14.7. The van der Waals surface area contributed by atoms with E-state index in [1.54, 1.807) is 0 Å². The van der Waals surface area contributed by atoms with E-state index in [0.717, 1.165) is 30.4 Å². The maximum atomic E-state index is 10.8. The molecule has 0 aromatic rings. The average Bonchev–Trinajstić information content (AvgIpc) is 2.49. The van der Waals surface area contributed by atoms with Crippen LogP contribution >= 0.6 is 0 Å². The SMILES string of the molecule is CC1=C(/C=C/C(C)=C/C=C/C(C)=C/C(N)=O)C(C)(C)C(CCO)CC1. The van der Waals surface area contributed by atoms with Crippen molar-refractivity contribution in [3.8, 4) is 0 Å². The Morgan fingerprint density at radius 3 is 2.56 bits per heavy atom. The predicted molar refractivity (Wildman–Crippen MR) is 106 cm³/mol. The molecule has 0 bridgehead atoms. The van der Waals surface area contributed by atoms with E-state index >= 15 is 0 Å². The minimum absolute atomic E-state index is 0.0818. The maximum absolute atomic E-state index is 10.8. The number of nitrogens with two attached hydrogens (primary N) is 1. The number of amides is 1. The van der Waals surface area contributed by atoms with Gasteiger partial charge >= 0.3 is 0 Å². The van der Waals surface area contributed by atoms with Crippen LogP contribution in [-0.4, -0.2) is 17.6 Å². The van der Waals surface area contributed by atoms with Crippen molar-refractivity contribution in [3.05, 3.63) is 58.7 Å². The van der Waals surface area contributed by atoms with Gasteiger partial charge in [-0.15, -0.1) is 0 Å². The molecule has 0 spiro atoms. The van der Waals surface area contributed by atoms with Crippen LogP contribution in [0.5, 0.6) is 0 Å². The standard InChI is InChI=1S/C22H33NO2/c1-16(7-6-8-17(2)15-21(23)25)9-12-20-18(3)10-11-19(13-14-24)22(20,4)5/h6-9,12,15,19,24H,10-11,13-14H2,1-5H3,(H2,23,25)/b8-6+,12-9+,16-7+,17-15+. The quantitative estimate of drug-likeness (QED) is 0.523. The Balaban J connectivity index is 2.89. The Kier molecular flexibility index (Phi) is 8.11. The summed E-state index contributed by atoms with van der Waals surface area (Å²) >= 11 is 0. The van der Waals surface area contributed by atoms with Crippen LogP contribution in [-0.2, 0) is 4.79 Å². The van der Waals surface area contributed by atoms with Gasteiger partial charge in [0.1, 0.15) is 0 Å². The molecule has 138 valence electrons. The average molecular weight is 344 g/mol. The highest BCUT2D eigenvalue weighted by atomic mass is 16.3. The third kappa shape index (κ3) is 6.50. The summed E-state index contributed by atoms with van der Waals surface area (Å²) in [4.78, 5) is 10.8. The number of carbonyl (C=O) groups excluding carboxylic acids is 1. The van der Waals surface area contributed by atoms with Gasteiger partial charge in [0.2, 0.25) is 5.91 Å². The lowest BCUT2D eigenvalue weighted by Crippen LogP contribution is -2.30. The molecular weight excluding hydrogens is 310 g/mol. The van der Waals surface area contributed by atoms with Gasteiger partial charge in [-0.25, -0.2) is 0 Å². The van der Waals surface area contributed by atoms with Crippen LogP contribution in [0.25, 0.3) is 0 Å². The highest BCUT2D eigenvalue weighted by Crippen LogP contribution is 2.46. The van der Waals surface area contributed by atoms with Gasteiger partial charge in [-0.3, -0.25) is 4.79 Å². The smallest absolute Gasteiger partial charge is 0.241 e. The van der Waals surface area contributed by atoms with Crippen LogP contribution < -0.4 is 5.73 Å². The van der Waals surface area contributed by atoms with E-state index in [0.29, 0.717) is 5.92 Å². The highest BCUT2D eigenvalue weighted by Gasteiger charge is 2.35. The number of aliphatic hydroxyl groups excluding tert-OH is 1. The molecule has 1 aliphatic rings. The molecule has 25 heavy (non-hydrogen) atoms. The molecule has 3 N–H and O–H groups in total. The Bertz CT molecular complexity index is 630. The fourth-order valence-corrected chi connectivity index (χ4v) is 3.57. The molecule has 0 radical (unpaired) electrons. The van der Waals surface area contributed by atoms with Crippen LogP contribution in [0.4, 0.5) is 0 Å². The van der Waals surface area contributed by atoms with Gasteiger partial charge in [-0.1, -0.05) is 55.4 Å².